The van der Waals surface area contributed by atoms with E-state index in [4.69, 9.17) is 5.73 Å². The first kappa shape index (κ1) is 12.9. The number of nitrogen functional groups attached to an aromatic ring is 1. The number of rotatable bonds is 1. The molecule has 1 aliphatic carbocycles. The molecule has 2 aromatic heterocycles. The van der Waals surface area contributed by atoms with Gasteiger partial charge in [-0.25, -0.2) is 4.98 Å². The number of anilines is 1. The van der Waals surface area contributed by atoms with Crippen LogP contribution in [0.2, 0.25) is 0 Å². The molecule has 0 bridgehead atoms. The molecule has 3 rings (SSSR count). The number of nitrogens with one attached hydrogen (secondary N) is 1. The summed E-state index contributed by atoms with van der Waals surface area (Å²) in [6, 6.07) is 1.83. The number of aromatic nitrogens is 4. The Hall–Kier alpha value is -2.11. The van der Waals surface area contributed by atoms with Crippen LogP contribution in [0.15, 0.2) is 10.9 Å². The minimum atomic E-state index is -0.101. The molecule has 2 heterocycles. The van der Waals surface area contributed by atoms with Gasteiger partial charge in [0.15, 0.2) is 0 Å². The molecule has 0 radical (unpaired) electrons. The molecule has 0 atom stereocenters. The number of nitrogens with zero attached hydrogens (tertiary/aromatic N) is 3. The topological polar surface area (TPSA) is 89.6 Å². The summed E-state index contributed by atoms with van der Waals surface area (Å²) in [4.78, 5) is 19.3. The standard InChI is InChI=1S/C14H19N5O/c1-14(2,3)10-7-11(15)19(18-10)13-16-9-6-4-5-8(9)12(20)17-13/h7H,4-6,15H2,1-3H3,(H,16,17,20). The molecule has 6 heteroatoms. The Bertz CT molecular complexity index is 720. The lowest BCUT2D eigenvalue weighted by atomic mass is 9.92. The molecule has 0 fully saturated rings. The van der Waals surface area contributed by atoms with Crippen molar-refractivity contribution in [1.29, 1.82) is 0 Å². The van der Waals surface area contributed by atoms with Crippen molar-refractivity contribution < 1.29 is 0 Å². The van der Waals surface area contributed by atoms with Crippen LogP contribution in [0, 0.1) is 0 Å². The van der Waals surface area contributed by atoms with Gasteiger partial charge in [-0.2, -0.15) is 9.78 Å². The van der Waals surface area contributed by atoms with Gasteiger partial charge in [-0.15, -0.1) is 0 Å². The van der Waals surface area contributed by atoms with Gasteiger partial charge in [-0.05, 0) is 19.3 Å². The van der Waals surface area contributed by atoms with Gasteiger partial charge >= 0.3 is 0 Å². The Morgan fingerprint density at radius 2 is 2.10 bits per heavy atom. The summed E-state index contributed by atoms with van der Waals surface area (Å²) in [6.07, 6.45) is 2.63. The number of fused-ring (bicyclic) bond motifs is 1. The summed E-state index contributed by atoms with van der Waals surface area (Å²) in [5, 5.41) is 4.48. The van der Waals surface area contributed by atoms with Crippen LogP contribution < -0.4 is 11.3 Å². The van der Waals surface area contributed by atoms with Gasteiger partial charge < -0.3 is 5.73 Å². The Morgan fingerprint density at radius 1 is 1.35 bits per heavy atom. The number of hydrogen-bond donors (Lipinski definition) is 2. The minimum Gasteiger partial charge on any atom is -0.383 e. The molecule has 0 spiro atoms. The van der Waals surface area contributed by atoms with Crippen molar-refractivity contribution in [3.8, 4) is 5.95 Å². The number of hydrogen-bond acceptors (Lipinski definition) is 4. The molecule has 20 heavy (non-hydrogen) atoms. The summed E-state index contributed by atoms with van der Waals surface area (Å²) >= 11 is 0. The Balaban J connectivity index is 2.13. The average molecular weight is 273 g/mol. The molecule has 6 nitrogen and oxygen atoms in total. The van der Waals surface area contributed by atoms with Gasteiger partial charge in [0.1, 0.15) is 5.82 Å². The van der Waals surface area contributed by atoms with Crippen molar-refractivity contribution in [1.82, 2.24) is 19.7 Å². The van der Waals surface area contributed by atoms with Gasteiger partial charge in [-0.3, -0.25) is 9.78 Å². The highest BCUT2D eigenvalue weighted by Crippen LogP contribution is 2.24. The molecule has 0 aromatic carbocycles. The Labute approximate surface area is 117 Å². The van der Waals surface area contributed by atoms with Gasteiger partial charge in [0.05, 0.1) is 11.4 Å². The molecular formula is C14H19N5O. The van der Waals surface area contributed by atoms with E-state index in [-0.39, 0.29) is 11.0 Å². The molecule has 0 amide bonds. The van der Waals surface area contributed by atoms with E-state index in [9.17, 15) is 4.79 Å². The maximum atomic E-state index is 12.0. The first-order valence-electron chi connectivity index (χ1n) is 6.85. The third-order valence-electron chi connectivity index (χ3n) is 3.63. The molecule has 0 saturated heterocycles. The highest BCUT2D eigenvalue weighted by Gasteiger charge is 2.22. The first-order valence-corrected chi connectivity index (χ1v) is 6.85. The summed E-state index contributed by atoms with van der Waals surface area (Å²) in [5.74, 6) is 0.889. The lowest BCUT2D eigenvalue weighted by Gasteiger charge is -2.14. The zero-order valence-electron chi connectivity index (χ0n) is 12.0. The maximum Gasteiger partial charge on any atom is 0.255 e. The van der Waals surface area contributed by atoms with Crippen LogP contribution in [-0.4, -0.2) is 19.7 Å². The number of aryl methyl sites for hydroxylation is 1. The Kier molecular flexibility index (Phi) is 2.70. The highest BCUT2D eigenvalue weighted by molar-refractivity contribution is 5.39. The summed E-state index contributed by atoms with van der Waals surface area (Å²) in [5.41, 5.74) is 8.37. The second-order valence-electron chi connectivity index (χ2n) is 6.28. The van der Waals surface area contributed by atoms with Crippen LogP contribution in [-0.2, 0) is 18.3 Å². The van der Waals surface area contributed by atoms with Crippen LogP contribution in [0.25, 0.3) is 5.95 Å². The third kappa shape index (κ3) is 2.01. The third-order valence-corrected chi connectivity index (χ3v) is 3.63. The minimum absolute atomic E-state index is 0.0743. The van der Waals surface area contributed by atoms with Gasteiger partial charge in [0.25, 0.3) is 5.56 Å². The largest absolute Gasteiger partial charge is 0.383 e. The monoisotopic (exact) mass is 273 g/mol. The fraction of sp³-hybridized carbons (Fsp3) is 0.500. The molecule has 0 unspecified atom stereocenters. The number of aromatic amines is 1. The van der Waals surface area contributed by atoms with Crippen molar-refractivity contribution in [2.24, 2.45) is 0 Å². The quantitative estimate of drug-likeness (QED) is 0.820. The van der Waals surface area contributed by atoms with E-state index in [1.54, 1.807) is 0 Å². The fourth-order valence-electron chi connectivity index (χ4n) is 2.46. The predicted molar refractivity (Wildman–Crippen MR) is 77.1 cm³/mol. The fourth-order valence-corrected chi connectivity index (χ4v) is 2.46. The second-order valence-corrected chi connectivity index (χ2v) is 6.28. The molecular weight excluding hydrogens is 254 g/mol. The smallest absolute Gasteiger partial charge is 0.255 e. The summed E-state index contributed by atoms with van der Waals surface area (Å²) in [6.45, 7) is 6.20. The normalized spacial score (nSPS) is 14.6. The molecule has 106 valence electrons. The van der Waals surface area contributed by atoms with Crippen LogP contribution in [0.1, 0.15) is 44.1 Å². The van der Waals surface area contributed by atoms with Crippen molar-refractivity contribution in [2.45, 2.75) is 45.4 Å². The van der Waals surface area contributed by atoms with Crippen LogP contribution in [0.5, 0.6) is 0 Å². The van der Waals surface area contributed by atoms with E-state index < -0.39 is 0 Å². The molecule has 0 aliphatic heterocycles. The van der Waals surface area contributed by atoms with E-state index in [1.165, 1.54) is 4.68 Å². The molecule has 0 saturated carbocycles. The van der Waals surface area contributed by atoms with E-state index in [0.29, 0.717) is 11.8 Å². The van der Waals surface area contributed by atoms with Crippen LogP contribution >= 0.6 is 0 Å². The maximum absolute atomic E-state index is 12.0. The van der Waals surface area contributed by atoms with Gasteiger partial charge in [0, 0.05) is 17.0 Å². The molecule has 3 N–H and O–H groups in total. The summed E-state index contributed by atoms with van der Waals surface area (Å²) in [7, 11) is 0. The highest BCUT2D eigenvalue weighted by atomic mass is 16.1. The van der Waals surface area contributed by atoms with Crippen molar-refractivity contribution in [2.75, 3.05) is 5.73 Å². The van der Waals surface area contributed by atoms with Crippen molar-refractivity contribution in [3.63, 3.8) is 0 Å². The summed E-state index contributed by atoms with van der Waals surface area (Å²) < 4.78 is 1.51. The zero-order chi connectivity index (χ0) is 14.5. The average Bonchev–Trinajstić information content (AvgIpc) is 2.94. The zero-order valence-corrected chi connectivity index (χ0v) is 12.0. The van der Waals surface area contributed by atoms with Crippen molar-refractivity contribution >= 4 is 5.82 Å². The molecule has 2 aromatic rings. The van der Waals surface area contributed by atoms with Gasteiger partial charge in [0.2, 0.25) is 5.95 Å². The van der Waals surface area contributed by atoms with Crippen LogP contribution in [0.4, 0.5) is 5.82 Å². The molecule has 1 aliphatic rings. The number of nitrogens with two attached hydrogens (primary N) is 1. The SMILES string of the molecule is CC(C)(C)c1cc(N)n(-c2nc3c(c(=O)[nH]2)CCC3)n1. The van der Waals surface area contributed by atoms with Gasteiger partial charge in [-0.1, -0.05) is 20.8 Å². The Morgan fingerprint density at radius 3 is 2.75 bits per heavy atom. The van der Waals surface area contributed by atoms with E-state index in [2.05, 4.69) is 35.8 Å². The van der Waals surface area contributed by atoms with E-state index >= 15 is 0 Å². The van der Waals surface area contributed by atoms with E-state index in [1.807, 2.05) is 6.07 Å². The first-order chi connectivity index (χ1) is 9.36. The van der Waals surface area contributed by atoms with Crippen LogP contribution in [0.3, 0.4) is 0 Å². The predicted octanol–water partition coefficient (Wildman–Crippen LogP) is 1.32. The lowest BCUT2D eigenvalue weighted by Crippen LogP contribution is -2.20. The van der Waals surface area contributed by atoms with E-state index in [0.717, 1.165) is 36.2 Å². The number of H-pyrrole nitrogens is 1. The second kappa shape index (κ2) is 4.19. The lowest BCUT2D eigenvalue weighted by molar-refractivity contribution is 0.558. The van der Waals surface area contributed by atoms with Crippen molar-refractivity contribution in [3.05, 3.63) is 33.4 Å².